The average molecular weight is 431 g/mol. The van der Waals surface area contributed by atoms with E-state index in [9.17, 15) is 14.4 Å². The van der Waals surface area contributed by atoms with E-state index in [1.165, 1.54) is 0 Å². The molecule has 1 atom stereocenters. The summed E-state index contributed by atoms with van der Waals surface area (Å²) in [6.45, 7) is 4.43. The number of benzene rings is 1. The van der Waals surface area contributed by atoms with Gasteiger partial charge in [0.2, 0.25) is 18.6 Å². The number of hydrogen-bond donors (Lipinski definition) is 1. The quantitative estimate of drug-likeness (QED) is 0.787. The Kier molecular flexibility index (Phi) is 6.48. The van der Waals surface area contributed by atoms with Crippen molar-refractivity contribution in [2.45, 2.75) is 32.6 Å². The van der Waals surface area contributed by atoms with E-state index in [0.29, 0.717) is 62.8 Å². The Morgan fingerprint density at radius 1 is 1.03 bits per heavy atom. The van der Waals surface area contributed by atoms with E-state index in [4.69, 9.17) is 14.2 Å². The van der Waals surface area contributed by atoms with Gasteiger partial charge in [-0.25, -0.2) is 4.79 Å². The normalized spacial score (nSPS) is 21.0. The number of hydrogen-bond acceptors (Lipinski definition) is 6. The molecule has 0 radical (unpaired) electrons. The number of nitrogens with zero attached hydrogens (tertiary/aromatic N) is 2. The van der Waals surface area contributed by atoms with Gasteiger partial charge in [0.1, 0.15) is 0 Å². The fourth-order valence-electron chi connectivity index (χ4n) is 4.40. The molecule has 0 aliphatic carbocycles. The number of fused-ring (bicyclic) bond motifs is 1. The van der Waals surface area contributed by atoms with Gasteiger partial charge in [-0.15, -0.1) is 0 Å². The summed E-state index contributed by atoms with van der Waals surface area (Å²) in [6, 6.07) is 5.34. The van der Waals surface area contributed by atoms with Crippen LogP contribution in [0, 0.1) is 11.8 Å². The Labute approximate surface area is 181 Å². The molecule has 0 spiro atoms. The largest absolute Gasteiger partial charge is 0.454 e. The van der Waals surface area contributed by atoms with E-state index in [1.54, 1.807) is 30.0 Å². The highest BCUT2D eigenvalue weighted by Gasteiger charge is 2.34. The number of anilines is 1. The lowest BCUT2D eigenvalue weighted by Gasteiger charge is -2.37. The molecule has 1 N–H and O–H groups in total. The van der Waals surface area contributed by atoms with Crippen molar-refractivity contribution in [1.82, 2.24) is 9.80 Å². The van der Waals surface area contributed by atoms with Gasteiger partial charge in [-0.05, 0) is 44.7 Å². The summed E-state index contributed by atoms with van der Waals surface area (Å²) in [5.74, 6) is 0.992. The van der Waals surface area contributed by atoms with Crippen molar-refractivity contribution < 1.29 is 28.6 Å². The Morgan fingerprint density at radius 2 is 1.81 bits per heavy atom. The third-order valence-electron chi connectivity index (χ3n) is 6.11. The molecule has 2 fully saturated rings. The molecular weight excluding hydrogens is 402 g/mol. The van der Waals surface area contributed by atoms with Crippen LogP contribution in [0.3, 0.4) is 0 Å². The number of carbonyl (C=O) groups is 3. The number of ether oxygens (including phenoxy) is 3. The summed E-state index contributed by atoms with van der Waals surface area (Å²) in [5, 5.41) is 2.94. The van der Waals surface area contributed by atoms with E-state index < -0.39 is 0 Å². The molecule has 9 heteroatoms. The maximum atomic E-state index is 13.0. The monoisotopic (exact) mass is 431 g/mol. The second-order valence-electron chi connectivity index (χ2n) is 8.14. The van der Waals surface area contributed by atoms with E-state index in [2.05, 4.69) is 5.32 Å². The van der Waals surface area contributed by atoms with Crippen LogP contribution in [0.2, 0.25) is 0 Å². The van der Waals surface area contributed by atoms with E-state index in [-0.39, 0.29) is 36.5 Å². The van der Waals surface area contributed by atoms with Crippen molar-refractivity contribution in [1.29, 1.82) is 0 Å². The fraction of sp³-hybridized carbons (Fsp3) is 0.591. The molecule has 1 aromatic rings. The predicted octanol–water partition coefficient (Wildman–Crippen LogP) is 2.46. The standard InChI is InChI=1S/C22H29N3O6/c1-2-29-22(28)25-9-3-4-16(13-25)21(27)24-10-7-15(8-11-24)20(26)23-17-5-6-18-19(12-17)31-14-30-18/h5-6,12,15-16H,2-4,7-11,13-14H2,1H3,(H,23,26)/t16-/m1/s1. The van der Waals surface area contributed by atoms with Gasteiger partial charge in [0.25, 0.3) is 0 Å². The van der Waals surface area contributed by atoms with Crippen LogP contribution >= 0.6 is 0 Å². The van der Waals surface area contributed by atoms with Crippen molar-refractivity contribution >= 4 is 23.6 Å². The number of rotatable bonds is 4. The molecule has 3 amide bonds. The molecule has 3 heterocycles. The lowest BCUT2D eigenvalue weighted by molar-refractivity contribution is -0.139. The molecule has 31 heavy (non-hydrogen) atoms. The minimum atomic E-state index is -0.348. The zero-order chi connectivity index (χ0) is 21.8. The fourth-order valence-corrected chi connectivity index (χ4v) is 4.40. The lowest BCUT2D eigenvalue weighted by Crippen LogP contribution is -2.49. The molecular formula is C22H29N3O6. The van der Waals surface area contributed by atoms with Gasteiger partial charge in [-0.3, -0.25) is 9.59 Å². The first-order chi connectivity index (χ1) is 15.0. The molecule has 1 aromatic carbocycles. The SMILES string of the molecule is CCOC(=O)N1CCC[C@@H](C(=O)N2CCC(C(=O)Nc3ccc4c(c3)OCO4)CC2)C1. The second kappa shape index (κ2) is 9.45. The van der Waals surface area contributed by atoms with Gasteiger partial charge >= 0.3 is 6.09 Å². The first-order valence-corrected chi connectivity index (χ1v) is 11.0. The molecule has 4 rings (SSSR count). The second-order valence-corrected chi connectivity index (χ2v) is 8.14. The maximum Gasteiger partial charge on any atom is 0.409 e. The Bertz CT molecular complexity index is 837. The molecule has 3 aliphatic rings. The Balaban J connectivity index is 1.26. The van der Waals surface area contributed by atoms with Crippen molar-refractivity contribution in [2.24, 2.45) is 11.8 Å². The molecule has 0 bridgehead atoms. The van der Waals surface area contributed by atoms with Crippen LogP contribution in [-0.4, -0.2) is 67.3 Å². The van der Waals surface area contributed by atoms with Gasteiger partial charge < -0.3 is 29.3 Å². The van der Waals surface area contributed by atoms with Crippen LogP contribution < -0.4 is 14.8 Å². The number of likely N-dealkylation sites (tertiary alicyclic amines) is 2. The number of amides is 3. The zero-order valence-corrected chi connectivity index (χ0v) is 17.8. The van der Waals surface area contributed by atoms with Crippen molar-refractivity contribution in [3.05, 3.63) is 18.2 Å². The first kappa shape index (κ1) is 21.3. The van der Waals surface area contributed by atoms with Crippen LogP contribution in [0.25, 0.3) is 0 Å². The van der Waals surface area contributed by atoms with Gasteiger partial charge in [0.05, 0.1) is 12.5 Å². The summed E-state index contributed by atoms with van der Waals surface area (Å²) in [5.41, 5.74) is 0.675. The van der Waals surface area contributed by atoms with Crippen LogP contribution in [0.1, 0.15) is 32.6 Å². The first-order valence-electron chi connectivity index (χ1n) is 11.0. The third kappa shape index (κ3) is 4.86. The highest BCUT2D eigenvalue weighted by Crippen LogP contribution is 2.34. The summed E-state index contributed by atoms with van der Waals surface area (Å²) < 4.78 is 15.7. The number of carbonyl (C=O) groups excluding carboxylic acids is 3. The summed E-state index contributed by atoms with van der Waals surface area (Å²) in [6.07, 6.45) is 2.47. The smallest absolute Gasteiger partial charge is 0.409 e. The minimum Gasteiger partial charge on any atom is -0.454 e. The van der Waals surface area contributed by atoms with Crippen LogP contribution in [0.5, 0.6) is 11.5 Å². The summed E-state index contributed by atoms with van der Waals surface area (Å²) in [4.78, 5) is 41.1. The third-order valence-corrected chi connectivity index (χ3v) is 6.11. The van der Waals surface area contributed by atoms with Crippen molar-refractivity contribution in [2.75, 3.05) is 44.9 Å². The summed E-state index contributed by atoms with van der Waals surface area (Å²) in [7, 11) is 0. The van der Waals surface area contributed by atoms with Crippen LogP contribution in [-0.2, 0) is 14.3 Å². The van der Waals surface area contributed by atoms with Crippen molar-refractivity contribution in [3.8, 4) is 11.5 Å². The zero-order valence-electron chi connectivity index (χ0n) is 17.8. The van der Waals surface area contributed by atoms with Gasteiger partial charge in [0, 0.05) is 43.9 Å². The van der Waals surface area contributed by atoms with Crippen LogP contribution in [0.4, 0.5) is 10.5 Å². The van der Waals surface area contributed by atoms with E-state index in [1.807, 2.05) is 4.90 Å². The van der Waals surface area contributed by atoms with E-state index in [0.717, 1.165) is 12.8 Å². The maximum absolute atomic E-state index is 13.0. The molecule has 2 saturated heterocycles. The highest BCUT2D eigenvalue weighted by molar-refractivity contribution is 5.93. The topological polar surface area (TPSA) is 97.4 Å². The van der Waals surface area contributed by atoms with Gasteiger partial charge in [-0.1, -0.05) is 0 Å². The predicted molar refractivity (Wildman–Crippen MR) is 112 cm³/mol. The number of nitrogens with one attached hydrogen (secondary N) is 1. The van der Waals surface area contributed by atoms with Crippen molar-refractivity contribution in [3.63, 3.8) is 0 Å². The van der Waals surface area contributed by atoms with Gasteiger partial charge in [-0.2, -0.15) is 0 Å². The Morgan fingerprint density at radius 3 is 2.58 bits per heavy atom. The van der Waals surface area contributed by atoms with Crippen LogP contribution in [0.15, 0.2) is 18.2 Å². The van der Waals surface area contributed by atoms with E-state index >= 15 is 0 Å². The molecule has 9 nitrogen and oxygen atoms in total. The molecule has 0 saturated carbocycles. The molecule has 3 aliphatic heterocycles. The molecule has 0 aromatic heterocycles. The average Bonchev–Trinajstić information content (AvgIpc) is 3.27. The lowest BCUT2D eigenvalue weighted by atomic mass is 9.92. The highest BCUT2D eigenvalue weighted by atomic mass is 16.7. The Hall–Kier alpha value is -2.97. The number of piperidine rings is 2. The van der Waals surface area contributed by atoms with Gasteiger partial charge in [0.15, 0.2) is 11.5 Å². The summed E-state index contributed by atoms with van der Waals surface area (Å²) >= 11 is 0. The molecule has 168 valence electrons. The minimum absolute atomic E-state index is 0.0443. The molecule has 0 unspecified atom stereocenters.